The van der Waals surface area contributed by atoms with E-state index in [1.54, 1.807) is 32.3 Å². The topological polar surface area (TPSA) is 60.4 Å². The van der Waals surface area contributed by atoms with E-state index in [9.17, 15) is 15.0 Å². The molecular formula is C11H15NO3. The Morgan fingerprint density at radius 2 is 2.00 bits per heavy atom. The van der Waals surface area contributed by atoms with Crippen LogP contribution in [0.1, 0.15) is 5.56 Å². The van der Waals surface area contributed by atoms with E-state index in [0.29, 0.717) is 6.54 Å². The highest BCUT2D eigenvalue weighted by atomic mass is 16.4. The molecule has 0 aliphatic rings. The molecule has 1 N–H and O–H groups in total. The molecule has 0 aliphatic heterocycles. The van der Waals surface area contributed by atoms with E-state index in [-0.39, 0.29) is 16.8 Å². The third kappa shape index (κ3) is 3.59. The van der Waals surface area contributed by atoms with Gasteiger partial charge in [0.1, 0.15) is 18.8 Å². The van der Waals surface area contributed by atoms with Gasteiger partial charge in [-0.1, -0.05) is 12.1 Å². The zero-order valence-electron chi connectivity index (χ0n) is 8.93. The summed E-state index contributed by atoms with van der Waals surface area (Å²) in [6.45, 7) is 0.384. The second-order valence-electron chi connectivity index (χ2n) is 4.25. The number of aromatic hydroxyl groups is 1. The fourth-order valence-electron chi connectivity index (χ4n) is 1.51. The number of phenolic OH excluding ortho intramolecular Hbond substituents is 1. The number of carboxylic acids is 1. The number of quaternary nitrogens is 1. The van der Waals surface area contributed by atoms with Crippen LogP contribution in [0.4, 0.5) is 0 Å². The SMILES string of the molecule is C[N+](C)(CC(=O)[O-])Cc1ccccc1O. The quantitative estimate of drug-likeness (QED) is 0.694. The molecule has 0 saturated heterocycles. The van der Waals surface area contributed by atoms with E-state index in [4.69, 9.17) is 0 Å². The molecule has 0 spiro atoms. The van der Waals surface area contributed by atoms with E-state index < -0.39 is 5.97 Å². The van der Waals surface area contributed by atoms with Gasteiger partial charge in [-0.2, -0.15) is 0 Å². The van der Waals surface area contributed by atoms with Gasteiger partial charge in [-0.25, -0.2) is 0 Å². The van der Waals surface area contributed by atoms with E-state index in [1.165, 1.54) is 0 Å². The zero-order chi connectivity index (χ0) is 11.5. The van der Waals surface area contributed by atoms with Gasteiger partial charge in [0.15, 0.2) is 0 Å². The summed E-state index contributed by atoms with van der Waals surface area (Å²) in [4.78, 5) is 10.5. The summed E-state index contributed by atoms with van der Waals surface area (Å²) in [6, 6.07) is 6.92. The summed E-state index contributed by atoms with van der Waals surface area (Å²) in [6.07, 6.45) is 0. The van der Waals surface area contributed by atoms with Crippen LogP contribution in [0, 0.1) is 0 Å². The fraction of sp³-hybridized carbons (Fsp3) is 0.364. The van der Waals surface area contributed by atoms with Gasteiger partial charge in [0.25, 0.3) is 0 Å². The van der Waals surface area contributed by atoms with Crippen LogP contribution in [0.15, 0.2) is 24.3 Å². The van der Waals surface area contributed by atoms with Crippen molar-refractivity contribution in [2.75, 3.05) is 20.6 Å². The third-order valence-corrected chi connectivity index (χ3v) is 2.15. The first kappa shape index (κ1) is 11.5. The Hall–Kier alpha value is -1.55. The molecule has 0 radical (unpaired) electrons. The van der Waals surface area contributed by atoms with Crippen LogP contribution in [0.5, 0.6) is 5.75 Å². The van der Waals surface area contributed by atoms with Crippen molar-refractivity contribution in [1.82, 2.24) is 0 Å². The van der Waals surface area contributed by atoms with Crippen LogP contribution in [0.3, 0.4) is 0 Å². The van der Waals surface area contributed by atoms with E-state index in [1.807, 2.05) is 6.07 Å². The summed E-state index contributed by atoms with van der Waals surface area (Å²) in [7, 11) is 3.56. The van der Waals surface area contributed by atoms with Crippen LogP contribution in [-0.4, -0.2) is 36.2 Å². The summed E-state index contributed by atoms with van der Waals surface area (Å²) < 4.78 is 0.250. The summed E-state index contributed by atoms with van der Waals surface area (Å²) in [5.41, 5.74) is 0.740. The predicted molar refractivity (Wildman–Crippen MR) is 53.8 cm³/mol. The van der Waals surface area contributed by atoms with Crippen LogP contribution in [-0.2, 0) is 11.3 Å². The first-order valence-electron chi connectivity index (χ1n) is 4.69. The maximum absolute atomic E-state index is 10.5. The largest absolute Gasteiger partial charge is 0.544 e. The number of carboxylic acid groups (broad SMARTS) is 1. The zero-order valence-corrected chi connectivity index (χ0v) is 8.93. The molecule has 0 fully saturated rings. The van der Waals surface area contributed by atoms with Gasteiger partial charge in [-0.15, -0.1) is 0 Å². The molecule has 1 aromatic rings. The van der Waals surface area contributed by atoms with Crippen LogP contribution < -0.4 is 5.11 Å². The normalized spacial score (nSPS) is 11.3. The van der Waals surface area contributed by atoms with Gasteiger partial charge in [0.2, 0.25) is 0 Å². The Morgan fingerprint density at radius 1 is 1.40 bits per heavy atom. The standard InChI is InChI=1S/C11H15NO3/c1-12(2,8-11(14)15)7-9-5-3-4-6-10(9)13/h3-6H,7-8H2,1-2H3,(H-,13,14,15). The maximum atomic E-state index is 10.5. The molecule has 1 rings (SSSR count). The molecule has 0 saturated carbocycles. The summed E-state index contributed by atoms with van der Waals surface area (Å²) in [5, 5.41) is 20.0. The smallest absolute Gasteiger partial charge is 0.124 e. The molecule has 0 atom stereocenters. The van der Waals surface area contributed by atoms with Crippen LogP contribution in [0.25, 0.3) is 0 Å². The van der Waals surface area contributed by atoms with E-state index >= 15 is 0 Å². The summed E-state index contributed by atoms with van der Waals surface area (Å²) in [5.74, 6) is -0.891. The van der Waals surface area contributed by atoms with Crippen molar-refractivity contribution in [3.8, 4) is 5.75 Å². The van der Waals surface area contributed by atoms with Crippen LogP contribution in [0.2, 0.25) is 0 Å². The monoisotopic (exact) mass is 209 g/mol. The number of benzene rings is 1. The average Bonchev–Trinajstić information content (AvgIpc) is 2.06. The van der Waals surface area contributed by atoms with Crippen molar-refractivity contribution >= 4 is 5.97 Å². The number of rotatable bonds is 4. The number of carbonyl (C=O) groups is 1. The Morgan fingerprint density at radius 3 is 2.53 bits per heavy atom. The van der Waals surface area contributed by atoms with E-state index in [0.717, 1.165) is 5.56 Å². The van der Waals surface area contributed by atoms with Gasteiger partial charge < -0.3 is 19.5 Å². The van der Waals surface area contributed by atoms with Crippen molar-refractivity contribution < 1.29 is 19.5 Å². The van der Waals surface area contributed by atoms with E-state index in [2.05, 4.69) is 0 Å². The lowest BCUT2D eigenvalue weighted by molar-refractivity contribution is -0.898. The molecule has 82 valence electrons. The number of likely N-dealkylation sites (N-methyl/N-ethyl adjacent to an activating group) is 1. The number of aliphatic carboxylic acids is 1. The lowest BCUT2D eigenvalue weighted by atomic mass is 10.2. The Kier molecular flexibility index (Phi) is 3.31. The minimum Gasteiger partial charge on any atom is -0.544 e. The van der Waals surface area contributed by atoms with Crippen LogP contribution >= 0.6 is 0 Å². The molecule has 4 heteroatoms. The number of carbonyl (C=O) groups excluding carboxylic acids is 1. The first-order valence-corrected chi connectivity index (χ1v) is 4.69. The first-order chi connectivity index (χ1) is 6.91. The van der Waals surface area contributed by atoms with Crippen molar-refractivity contribution in [2.24, 2.45) is 0 Å². The maximum Gasteiger partial charge on any atom is 0.124 e. The second kappa shape index (κ2) is 4.31. The van der Waals surface area contributed by atoms with Crippen molar-refractivity contribution in [3.63, 3.8) is 0 Å². The molecule has 0 unspecified atom stereocenters. The number of hydrogen-bond donors (Lipinski definition) is 1. The highest BCUT2D eigenvalue weighted by Crippen LogP contribution is 2.19. The predicted octanol–water partition coefficient (Wildman–Crippen LogP) is -0.281. The minimum atomic E-state index is -1.09. The molecule has 1 aromatic carbocycles. The summed E-state index contributed by atoms with van der Waals surface area (Å²) >= 11 is 0. The van der Waals surface area contributed by atoms with Gasteiger partial charge in [-0.05, 0) is 12.1 Å². The molecular weight excluding hydrogens is 194 g/mol. The van der Waals surface area contributed by atoms with Crippen molar-refractivity contribution in [2.45, 2.75) is 6.54 Å². The third-order valence-electron chi connectivity index (χ3n) is 2.15. The fourth-order valence-corrected chi connectivity index (χ4v) is 1.51. The molecule has 4 nitrogen and oxygen atoms in total. The molecule has 0 aliphatic carbocycles. The van der Waals surface area contributed by atoms with Gasteiger partial charge in [0, 0.05) is 5.56 Å². The van der Waals surface area contributed by atoms with Gasteiger partial charge >= 0.3 is 0 Å². The van der Waals surface area contributed by atoms with Gasteiger partial charge in [-0.3, -0.25) is 0 Å². The lowest BCUT2D eigenvalue weighted by Crippen LogP contribution is -2.47. The second-order valence-corrected chi connectivity index (χ2v) is 4.25. The Balaban J connectivity index is 2.77. The van der Waals surface area contributed by atoms with Gasteiger partial charge in [0.05, 0.1) is 20.1 Å². The van der Waals surface area contributed by atoms with Crippen molar-refractivity contribution in [1.29, 1.82) is 0 Å². The highest BCUT2D eigenvalue weighted by Gasteiger charge is 2.17. The molecule has 0 heterocycles. The number of nitrogens with zero attached hydrogens (tertiary/aromatic N) is 1. The molecule has 0 bridgehead atoms. The lowest BCUT2D eigenvalue weighted by Gasteiger charge is -2.30. The molecule has 0 aromatic heterocycles. The van der Waals surface area contributed by atoms with Crippen molar-refractivity contribution in [3.05, 3.63) is 29.8 Å². The number of hydrogen-bond acceptors (Lipinski definition) is 3. The minimum absolute atomic E-state index is 0.0751. The highest BCUT2D eigenvalue weighted by molar-refractivity contribution is 5.65. The Bertz CT molecular complexity index is 361. The number of para-hydroxylation sites is 1. The number of phenols is 1. The molecule has 0 amide bonds. The Labute approximate surface area is 89.0 Å². The average molecular weight is 209 g/mol. The molecule has 15 heavy (non-hydrogen) atoms.